The van der Waals surface area contributed by atoms with Crippen LogP contribution in [-0.2, 0) is 6.54 Å². The highest BCUT2D eigenvalue weighted by atomic mass is 35.5. The second kappa shape index (κ2) is 6.24. The van der Waals surface area contributed by atoms with Crippen molar-refractivity contribution < 1.29 is 4.79 Å². The van der Waals surface area contributed by atoms with E-state index in [9.17, 15) is 4.79 Å². The van der Waals surface area contributed by atoms with Gasteiger partial charge in [0, 0.05) is 11.6 Å². The van der Waals surface area contributed by atoms with Crippen molar-refractivity contribution >= 4 is 50.7 Å². The number of halogens is 2. The summed E-state index contributed by atoms with van der Waals surface area (Å²) in [6.45, 7) is 2.77. The Morgan fingerprint density at radius 1 is 1.23 bits per heavy atom. The molecule has 0 atom stereocenters. The molecule has 1 aromatic heterocycles. The minimum atomic E-state index is -0.365. The Hall–Kier alpha value is -1.62. The van der Waals surface area contributed by atoms with Crippen molar-refractivity contribution in [3.8, 4) is 0 Å². The molecule has 0 aliphatic heterocycles. The van der Waals surface area contributed by atoms with Crippen LogP contribution in [0.25, 0.3) is 10.2 Å². The average molecular weight is 351 g/mol. The number of amides is 1. The third-order valence-electron chi connectivity index (χ3n) is 3.26. The number of nitrogens with zero attached hydrogens (tertiary/aromatic N) is 2. The molecule has 1 heterocycles. The van der Waals surface area contributed by atoms with Crippen LogP contribution in [0.15, 0.2) is 47.5 Å². The molecule has 3 aromatic rings. The molecule has 0 radical (unpaired) electrons. The van der Waals surface area contributed by atoms with E-state index in [0.717, 1.165) is 16.8 Å². The van der Waals surface area contributed by atoms with Crippen LogP contribution >= 0.6 is 34.5 Å². The van der Waals surface area contributed by atoms with Crippen molar-refractivity contribution in [1.29, 1.82) is 0 Å². The van der Waals surface area contributed by atoms with Crippen molar-refractivity contribution in [3.05, 3.63) is 62.9 Å². The molecular formula is C16H12Cl2N2OS. The van der Waals surface area contributed by atoms with Crippen LogP contribution < -0.4 is 4.80 Å². The summed E-state index contributed by atoms with van der Waals surface area (Å²) in [7, 11) is 0. The molecule has 0 saturated carbocycles. The van der Waals surface area contributed by atoms with E-state index in [4.69, 9.17) is 23.2 Å². The lowest BCUT2D eigenvalue weighted by molar-refractivity contribution is 0.0998. The number of carbonyl (C=O) groups excluding carboxylic acids is 1. The van der Waals surface area contributed by atoms with Crippen LogP contribution in [0.3, 0.4) is 0 Å². The molecule has 3 nitrogen and oxygen atoms in total. The van der Waals surface area contributed by atoms with E-state index >= 15 is 0 Å². The number of rotatable bonds is 2. The van der Waals surface area contributed by atoms with E-state index < -0.39 is 0 Å². The lowest BCUT2D eigenvalue weighted by Gasteiger charge is -2.01. The van der Waals surface area contributed by atoms with Gasteiger partial charge in [-0.25, -0.2) is 0 Å². The molecule has 1 amide bonds. The maximum atomic E-state index is 12.4. The molecule has 0 bridgehead atoms. The number of hydrogen-bond donors (Lipinski definition) is 0. The largest absolute Gasteiger partial charge is 0.317 e. The first-order valence-electron chi connectivity index (χ1n) is 6.72. The molecule has 6 heteroatoms. The van der Waals surface area contributed by atoms with Crippen LogP contribution in [-0.4, -0.2) is 10.5 Å². The summed E-state index contributed by atoms with van der Waals surface area (Å²) in [5.41, 5.74) is 1.43. The Labute approximate surface area is 141 Å². The van der Waals surface area contributed by atoms with E-state index in [1.165, 1.54) is 11.3 Å². The van der Waals surface area contributed by atoms with Gasteiger partial charge in [-0.15, -0.1) is 0 Å². The van der Waals surface area contributed by atoms with Gasteiger partial charge in [-0.3, -0.25) is 4.79 Å². The maximum absolute atomic E-state index is 12.4. The molecule has 22 heavy (non-hydrogen) atoms. The minimum Gasteiger partial charge on any atom is -0.317 e. The number of aromatic nitrogens is 1. The normalized spacial score (nSPS) is 12.0. The monoisotopic (exact) mass is 350 g/mol. The zero-order valence-corrected chi connectivity index (χ0v) is 14.0. The second-order valence-corrected chi connectivity index (χ2v) is 6.49. The first-order valence-corrected chi connectivity index (χ1v) is 8.30. The zero-order valence-electron chi connectivity index (χ0n) is 11.7. The third kappa shape index (κ3) is 2.82. The van der Waals surface area contributed by atoms with Crippen molar-refractivity contribution in [2.45, 2.75) is 13.5 Å². The smallest absolute Gasteiger partial charge is 0.281 e. The Bertz CT molecular complexity index is 927. The molecule has 0 aliphatic carbocycles. The molecule has 0 unspecified atom stereocenters. The Kier molecular flexibility index (Phi) is 4.34. The number of aryl methyl sites for hydroxylation is 1. The third-order valence-corrected chi connectivity index (χ3v) is 4.87. The number of carbonyl (C=O) groups is 1. The number of thiazole rings is 1. The topological polar surface area (TPSA) is 34.4 Å². The molecule has 0 saturated heterocycles. The van der Waals surface area contributed by atoms with Gasteiger partial charge in [0.2, 0.25) is 0 Å². The van der Waals surface area contributed by atoms with Crippen molar-refractivity contribution in [1.82, 2.24) is 4.57 Å². The van der Waals surface area contributed by atoms with Crippen molar-refractivity contribution in [3.63, 3.8) is 0 Å². The lowest BCUT2D eigenvalue weighted by Crippen LogP contribution is -2.16. The van der Waals surface area contributed by atoms with Gasteiger partial charge in [-0.2, -0.15) is 4.99 Å². The summed E-state index contributed by atoms with van der Waals surface area (Å²) in [4.78, 5) is 17.3. The number of benzene rings is 2. The molecule has 0 N–H and O–H groups in total. The first kappa shape index (κ1) is 15.3. The molecule has 2 aromatic carbocycles. The Morgan fingerprint density at radius 3 is 2.73 bits per heavy atom. The molecule has 112 valence electrons. The fourth-order valence-corrected chi connectivity index (χ4v) is 3.80. The highest BCUT2D eigenvalue weighted by Gasteiger charge is 2.11. The zero-order chi connectivity index (χ0) is 15.7. The van der Waals surface area contributed by atoms with Crippen LogP contribution in [0.1, 0.15) is 17.3 Å². The van der Waals surface area contributed by atoms with E-state index in [0.29, 0.717) is 20.4 Å². The van der Waals surface area contributed by atoms with Gasteiger partial charge in [0.05, 0.1) is 20.8 Å². The Balaban J connectivity index is 2.13. The van der Waals surface area contributed by atoms with E-state index in [1.54, 1.807) is 18.2 Å². The summed E-state index contributed by atoms with van der Waals surface area (Å²) in [5, 5.41) is 0.803. The first-order chi connectivity index (χ1) is 10.6. The quantitative estimate of drug-likeness (QED) is 0.655. The fraction of sp³-hybridized carbons (Fsp3) is 0.125. The average Bonchev–Trinajstić information content (AvgIpc) is 2.83. The second-order valence-electron chi connectivity index (χ2n) is 4.64. The van der Waals surface area contributed by atoms with Gasteiger partial charge in [0.15, 0.2) is 4.80 Å². The molecule has 0 spiro atoms. The minimum absolute atomic E-state index is 0.311. The summed E-state index contributed by atoms with van der Waals surface area (Å²) in [6.07, 6.45) is 0. The van der Waals surface area contributed by atoms with E-state index in [2.05, 4.69) is 4.99 Å². The van der Waals surface area contributed by atoms with Crippen molar-refractivity contribution in [2.75, 3.05) is 0 Å². The maximum Gasteiger partial charge on any atom is 0.281 e. The standard InChI is InChI=1S/C16H12Cl2N2OS/c1-2-20-13-5-3-4-6-14(13)22-16(20)19-15(21)11-8-7-10(17)9-12(11)18/h3-9H,2H2,1H3. The number of hydrogen-bond acceptors (Lipinski definition) is 2. The molecule has 0 fully saturated rings. The predicted molar refractivity (Wildman–Crippen MR) is 91.8 cm³/mol. The summed E-state index contributed by atoms with van der Waals surface area (Å²) in [6, 6.07) is 12.8. The van der Waals surface area contributed by atoms with Crippen molar-refractivity contribution in [2.24, 2.45) is 4.99 Å². The summed E-state index contributed by atoms with van der Waals surface area (Å²) in [5.74, 6) is -0.365. The molecule has 0 aliphatic rings. The van der Waals surface area contributed by atoms with Gasteiger partial charge in [0.25, 0.3) is 5.91 Å². The van der Waals surface area contributed by atoms with Gasteiger partial charge in [-0.1, -0.05) is 46.7 Å². The highest BCUT2D eigenvalue weighted by Crippen LogP contribution is 2.22. The lowest BCUT2D eigenvalue weighted by atomic mass is 10.2. The summed E-state index contributed by atoms with van der Waals surface area (Å²) >= 11 is 13.4. The van der Waals surface area contributed by atoms with Crippen LogP contribution in [0.2, 0.25) is 10.0 Å². The van der Waals surface area contributed by atoms with Crippen LogP contribution in [0, 0.1) is 0 Å². The van der Waals surface area contributed by atoms with E-state index in [-0.39, 0.29) is 5.91 Å². The van der Waals surface area contributed by atoms with Crippen LogP contribution in [0.4, 0.5) is 0 Å². The Morgan fingerprint density at radius 2 is 2.00 bits per heavy atom. The van der Waals surface area contributed by atoms with Gasteiger partial charge < -0.3 is 4.57 Å². The SMILES string of the molecule is CCn1c(=NC(=O)c2ccc(Cl)cc2Cl)sc2ccccc21. The summed E-state index contributed by atoms with van der Waals surface area (Å²) < 4.78 is 3.11. The fourth-order valence-electron chi connectivity index (χ4n) is 2.22. The van der Waals surface area contributed by atoms with Gasteiger partial charge in [0.1, 0.15) is 0 Å². The van der Waals surface area contributed by atoms with E-state index in [1.807, 2.05) is 35.8 Å². The van der Waals surface area contributed by atoms with Gasteiger partial charge >= 0.3 is 0 Å². The number of para-hydroxylation sites is 1. The number of fused-ring (bicyclic) bond motifs is 1. The molecule has 3 rings (SSSR count). The predicted octanol–water partition coefficient (Wildman–Crippen LogP) is 4.77. The molecular weight excluding hydrogens is 339 g/mol. The van der Waals surface area contributed by atoms with Crippen LogP contribution in [0.5, 0.6) is 0 Å². The highest BCUT2D eigenvalue weighted by molar-refractivity contribution is 7.16. The van der Waals surface area contributed by atoms with Gasteiger partial charge in [-0.05, 0) is 37.3 Å².